The summed E-state index contributed by atoms with van der Waals surface area (Å²) in [5.74, 6) is 0. The summed E-state index contributed by atoms with van der Waals surface area (Å²) in [6.45, 7) is 2.32. The summed E-state index contributed by atoms with van der Waals surface area (Å²) in [6.07, 6.45) is 0. The van der Waals surface area contributed by atoms with Crippen LogP contribution in [0.3, 0.4) is 0 Å². The van der Waals surface area contributed by atoms with E-state index in [0.29, 0.717) is 6.79 Å². The van der Waals surface area contributed by atoms with Crippen LogP contribution in [-0.2, 0) is 9.47 Å². The van der Waals surface area contributed by atoms with Gasteiger partial charge in [-0.15, -0.1) is 0 Å². The molecule has 0 rings (SSSR count). The van der Waals surface area contributed by atoms with Crippen molar-refractivity contribution in [1.82, 2.24) is 0 Å². The van der Waals surface area contributed by atoms with Crippen LogP contribution in [0.1, 0.15) is 6.92 Å². The Hall–Kier alpha value is -0.120. The highest BCUT2D eigenvalue weighted by Gasteiger charge is 1.63. The molecule has 0 unspecified atom stereocenters. The zero-order valence-corrected chi connectivity index (χ0v) is 5.68. The molecule has 0 heterocycles. The first-order valence-electron chi connectivity index (χ1n) is 2.42. The van der Waals surface area contributed by atoms with Crippen molar-refractivity contribution in [3.8, 4) is 0 Å². The van der Waals surface area contributed by atoms with Gasteiger partial charge in [-0.05, 0) is 6.92 Å². The summed E-state index contributed by atoms with van der Waals surface area (Å²) in [7, 11) is 3.17. The van der Waals surface area contributed by atoms with Gasteiger partial charge < -0.3 is 14.6 Å². The van der Waals surface area contributed by atoms with E-state index in [1.165, 1.54) is 0 Å². The van der Waals surface area contributed by atoms with Gasteiger partial charge in [-0.2, -0.15) is 0 Å². The van der Waals surface area contributed by atoms with Gasteiger partial charge in [0.05, 0.1) is 0 Å². The van der Waals surface area contributed by atoms with Gasteiger partial charge >= 0.3 is 0 Å². The Bertz CT molecular complexity index is 21.6. The molecular formula is C5H14O3. The van der Waals surface area contributed by atoms with Gasteiger partial charge in [0.15, 0.2) is 0 Å². The average Bonchev–Trinajstić information content (AvgIpc) is 1.71. The van der Waals surface area contributed by atoms with E-state index in [-0.39, 0.29) is 6.61 Å². The smallest absolute Gasteiger partial charge is 0.145 e. The molecule has 3 nitrogen and oxygen atoms in total. The highest BCUT2D eigenvalue weighted by molar-refractivity contribution is 3.84. The number of aliphatic hydroxyl groups excluding tert-OH is 1. The Morgan fingerprint density at radius 3 is 1.50 bits per heavy atom. The van der Waals surface area contributed by atoms with Gasteiger partial charge in [0.2, 0.25) is 0 Å². The quantitative estimate of drug-likeness (QED) is 0.533. The largest absolute Gasteiger partial charge is 0.397 e. The van der Waals surface area contributed by atoms with E-state index < -0.39 is 0 Å². The number of hydrogen-bond acceptors (Lipinski definition) is 3. The Kier molecular flexibility index (Phi) is 21.3. The predicted octanol–water partition coefficient (Wildman–Crippen LogP) is 0.235. The summed E-state index contributed by atoms with van der Waals surface area (Å²) in [6, 6.07) is 0. The minimum atomic E-state index is 0.250. The molecule has 0 fully saturated rings. The van der Waals surface area contributed by atoms with E-state index in [0.717, 1.165) is 0 Å². The molecule has 0 aliphatic heterocycles. The molecule has 0 atom stereocenters. The lowest BCUT2D eigenvalue weighted by Gasteiger charge is -1.87. The van der Waals surface area contributed by atoms with Crippen LogP contribution in [-0.4, -0.2) is 32.7 Å². The lowest BCUT2D eigenvalue weighted by atomic mass is 10.9. The minimum absolute atomic E-state index is 0.250. The molecule has 0 aromatic carbocycles. The first-order valence-corrected chi connectivity index (χ1v) is 2.42. The molecule has 0 saturated heterocycles. The van der Waals surface area contributed by atoms with Gasteiger partial charge in [0.1, 0.15) is 6.79 Å². The fraction of sp³-hybridized carbons (Fsp3) is 1.00. The molecule has 1 N–H and O–H groups in total. The lowest BCUT2D eigenvalue weighted by Crippen LogP contribution is -1.87. The van der Waals surface area contributed by atoms with Crippen LogP contribution < -0.4 is 0 Å². The highest BCUT2D eigenvalue weighted by Crippen LogP contribution is 1.60. The minimum Gasteiger partial charge on any atom is -0.397 e. The zero-order chi connectivity index (χ0) is 6.83. The summed E-state index contributed by atoms with van der Waals surface area (Å²) < 4.78 is 8.94. The molecule has 3 heteroatoms. The Labute approximate surface area is 50.2 Å². The third-order valence-corrected chi connectivity index (χ3v) is 0.236. The van der Waals surface area contributed by atoms with E-state index >= 15 is 0 Å². The van der Waals surface area contributed by atoms with Crippen LogP contribution in [0.2, 0.25) is 0 Å². The van der Waals surface area contributed by atoms with Gasteiger partial charge in [-0.1, -0.05) is 0 Å². The number of rotatable bonds is 2. The van der Waals surface area contributed by atoms with E-state index in [1.54, 1.807) is 21.1 Å². The molecule has 0 aliphatic carbocycles. The van der Waals surface area contributed by atoms with Crippen molar-refractivity contribution in [3.63, 3.8) is 0 Å². The monoisotopic (exact) mass is 122 g/mol. The molecule has 0 aliphatic rings. The van der Waals surface area contributed by atoms with E-state index in [1.807, 2.05) is 0 Å². The third kappa shape index (κ3) is 39.6. The van der Waals surface area contributed by atoms with Crippen LogP contribution in [0.5, 0.6) is 0 Å². The molecule has 0 amide bonds. The molecule has 0 bridgehead atoms. The number of aliphatic hydroxyl groups is 1. The normalized spacial score (nSPS) is 7.50. The summed E-state index contributed by atoms with van der Waals surface area (Å²) in [4.78, 5) is 0. The second-order valence-electron chi connectivity index (χ2n) is 1.01. The fourth-order valence-electron chi connectivity index (χ4n) is 0.118. The van der Waals surface area contributed by atoms with E-state index in [9.17, 15) is 0 Å². The second-order valence-corrected chi connectivity index (χ2v) is 1.01. The van der Waals surface area contributed by atoms with Gasteiger partial charge in [-0.25, -0.2) is 0 Å². The van der Waals surface area contributed by atoms with E-state index in [4.69, 9.17) is 5.11 Å². The third-order valence-electron chi connectivity index (χ3n) is 0.236. The van der Waals surface area contributed by atoms with Crippen LogP contribution in [0.15, 0.2) is 0 Å². The van der Waals surface area contributed by atoms with Crippen molar-refractivity contribution in [2.24, 2.45) is 0 Å². The zero-order valence-electron chi connectivity index (χ0n) is 5.68. The van der Waals surface area contributed by atoms with Crippen LogP contribution in [0.4, 0.5) is 0 Å². The number of hydrogen-bond donors (Lipinski definition) is 1. The van der Waals surface area contributed by atoms with Crippen molar-refractivity contribution >= 4 is 0 Å². The van der Waals surface area contributed by atoms with Crippen molar-refractivity contribution in [2.45, 2.75) is 6.92 Å². The van der Waals surface area contributed by atoms with Crippen LogP contribution >= 0.6 is 0 Å². The highest BCUT2D eigenvalue weighted by atomic mass is 16.6. The maximum Gasteiger partial charge on any atom is 0.145 e. The molecule has 0 spiro atoms. The molecule has 52 valence electrons. The predicted molar refractivity (Wildman–Crippen MR) is 31.6 cm³/mol. The molecular weight excluding hydrogens is 108 g/mol. The summed E-state index contributed by atoms with van der Waals surface area (Å²) in [5, 5.41) is 7.57. The van der Waals surface area contributed by atoms with E-state index in [2.05, 4.69) is 9.47 Å². The van der Waals surface area contributed by atoms with Crippen molar-refractivity contribution in [2.75, 3.05) is 27.6 Å². The van der Waals surface area contributed by atoms with Crippen molar-refractivity contribution in [3.05, 3.63) is 0 Å². The SMILES string of the molecule is CCO.COCOC. The standard InChI is InChI=1S/C3H8O2.C2H6O/c1-4-3-5-2;1-2-3/h3H2,1-2H3;3H,2H2,1H3. The van der Waals surface area contributed by atoms with Gasteiger partial charge in [0, 0.05) is 20.8 Å². The lowest BCUT2D eigenvalue weighted by molar-refractivity contribution is -0.00271. The Morgan fingerprint density at radius 2 is 1.50 bits per heavy atom. The Balaban J connectivity index is 0. The summed E-state index contributed by atoms with van der Waals surface area (Å²) in [5.41, 5.74) is 0. The second kappa shape index (κ2) is 15.8. The van der Waals surface area contributed by atoms with Crippen LogP contribution in [0, 0.1) is 0 Å². The molecule has 0 aromatic rings. The average molecular weight is 122 g/mol. The molecule has 0 aromatic heterocycles. The molecule has 0 saturated carbocycles. The summed E-state index contributed by atoms with van der Waals surface area (Å²) >= 11 is 0. The maximum absolute atomic E-state index is 7.57. The van der Waals surface area contributed by atoms with Crippen molar-refractivity contribution in [1.29, 1.82) is 0 Å². The van der Waals surface area contributed by atoms with Gasteiger partial charge in [-0.3, -0.25) is 0 Å². The first kappa shape index (κ1) is 10.8. The molecule has 0 radical (unpaired) electrons. The first-order chi connectivity index (χ1) is 3.83. The molecule has 8 heavy (non-hydrogen) atoms. The van der Waals surface area contributed by atoms with Crippen LogP contribution in [0.25, 0.3) is 0 Å². The number of methoxy groups -OCH3 is 2. The fourth-order valence-corrected chi connectivity index (χ4v) is 0.118. The topological polar surface area (TPSA) is 38.7 Å². The Morgan fingerprint density at radius 1 is 1.25 bits per heavy atom. The number of ether oxygens (including phenoxy) is 2. The van der Waals surface area contributed by atoms with Gasteiger partial charge in [0.25, 0.3) is 0 Å². The maximum atomic E-state index is 7.57. The van der Waals surface area contributed by atoms with Crippen molar-refractivity contribution < 1.29 is 14.6 Å².